The van der Waals surface area contributed by atoms with E-state index in [1.807, 2.05) is 11.0 Å². The molecule has 1 aromatic carbocycles. The van der Waals surface area contributed by atoms with Crippen LogP contribution in [0.15, 0.2) is 36.5 Å². The number of amides is 1. The summed E-state index contributed by atoms with van der Waals surface area (Å²) in [6, 6.07) is 11.1. The van der Waals surface area contributed by atoms with E-state index in [4.69, 9.17) is 11.6 Å². The van der Waals surface area contributed by atoms with Gasteiger partial charge >= 0.3 is 0 Å². The molecule has 0 bridgehead atoms. The van der Waals surface area contributed by atoms with Crippen molar-refractivity contribution in [1.82, 2.24) is 9.88 Å². The van der Waals surface area contributed by atoms with Gasteiger partial charge in [-0.25, -0.2) is 4.98 Å². The fraction of sp³-hybridized carbons (Fsp3) is 0.278. The van der Waals surface area contributed by atoms with Crippen molar-refractivity contribution in [2.45, 2.75) is 6.42 Å². The molecule has 25 heavy (non-hydrogen) atoms. The maximum Gasteiger partial charge on any atom is 0.255 e. The van der Waals surface area contributed by atoms with E-state index in [1.54, 1.807) is 30.5 Å². The van der Waals surface area contributed by atoms with Crippen molar-refractivity contribution in [3.05, 3.63) is 56.2 Å². The maximum atomic E-state index is 12.9. The Morgan fingerprint density at radius 2 is 2.08 bits per heavy atom. The third-order valence-corrected chi connectivity index (χ3v) is 5.32. The third-order valence-electron chi connectivity index (χ3n) is 4.15. The first-order valence-electron chi connectivity index (χ1n) is 7.94. The van der Waals surface area contributed by atoms with Crippen LogP contribution in [0.3, 0.4) is 0 Å². The van der Waals surface area contributed by atoms with Crippen LogP contribution in [0, 0.1) is 14.9 Å². The van der Waals surface area contributed by atoms with Crippen molar-refractivity contribution in [2.75, 3.05) is 31.1 Å². The first kappa shape index (κ1) is 18.0. The summed E-state index contributed by atoms with van der Waals surface area (Å²) in [4.78, 5) is 21.1. The van der Waals surface area contributed by atoms with Crippen molar-refractivity contribution < 1.29 is 4.79 Å². The number of pyridine rings is 1. The predicted molar refractivity (Wildman–Crippen MR) is 106 cm³/mol. The number of anilines is 1. The molecule has 3 rings (SSSR count). The van der Waals surface area contributed by atoms with E-state index in [-0.39, 0.29) is 5.91 Å². The molecule has 0 N–H and O–H groups in total. The van der Waals surface area contributed by atoms with Crippen LogP contribution in [0.2, 0.25) is 5.02 Å². The Kier molecular flexibility index (Phi) is 5.76. The van der Waals surface area contributed by atoms with Crippen molar-refractivity contribution in [1.29, 1.82) is 5.26 Å². The second-order valence-corrected chi connectivity index (χ2v) is 7.34. The molecule has 0 saturated carbocycles. The van der Waals surface area contributed by atoms with E-state index in [2.05, 4.69) is 38.5 Å². The zero-order chi connectivity index (χ0) is 17.8. The summed E-state index contributed by atoms with van der Waals surface area (Å²) in [5, 5.41) is 9.83. The monoisotopic (exact) mass is 466 g/mol. The fourth-order valence-electron chi connectivity index (χ4n) is 2.90. The second-order valence-electron chi connectivity index (χ2n) is 5.74. The smallest absolute Gasteiger partial charge is 0.255 e. The number of hydrogen-bond donors (Lipinski definition) is 0. The summed E-state index contributed by atoms with van der Waals surface area (Å²) in [6.07, 6.45) is 2.52. The number of halogens is 2. The third kappa shape index (κ3) is 4.05. The van der Waals surface area contributed by atoms with Gasteiger partial charge in [-0.3, -0.25) is 4.79 Å². The standard InChI is InChI=1S/C18H16ClIN4O/c19-14-4-5-16(20)15(11-14)18(25)24-8-2-7-23(9-10-24)17-13(12-21)3-1-6-22-17/h1,3-6,11H,2,7-10H2. The molecule has 0 atom stereocenters. The van der Waals surface area contributed by atoms with Gasteiger partial charge in [-0.05, 0) is 59.3 Å². The molecule has 1 aliphatic heterocycles. The number of aromatic nitrogens is 1. The Hall–Kier alpha value is -1.85. The highest BCUT2D eigenvalue weighted by Crippen LogP contribution is 2.22. The summed E-state index contributed by atoms with van der Waals surface area (Å²) in [6.45, 7) is 2.67. The molecule has 1 amide bonds. The van der Waals surface area contributed by atoms with Crippen LogP contribution in [0.1, 0.15) is 22.3 Å². The van der Waals surface area contributed by atoms with E-state index in [0.717, 1.165) is 16.5 Å². The van der Waals surface area contributed by atoms with Crippen LogP contribution in [-0.2, 0) is 0 Å². The summed E-state index contributed by atoms with van der Waals surface area (Å²) in [5.41, 5.74) is 1.20. The molecule has 128 valence electrons. The van der Waals surface area contributed by atoms with Crippen LogP contribution < -0.4 is 4.90 Å². The lowest BCUT2D eigenvalue weighted by Gasteiger charge is -2.23. The molecule has 0 spiro atoms. The number of carbonyl (C=O) groups excluding carboxylic acids is 1. The second kappa shape index (κ2) is 8.02. The van der Waals surface area contributed by atoms with Crippen molar-refractivity contribution >= 4 is 45.9 Å². The molecule has 1 fully saturated rings. The number of carbonyl (C=O) groups is 1. The van der Waals surface area contributed by atoms with Gasteiger partial charge < -0.3 is 9.80 Å². The first-order valence-corrected chi connectivity index (χ1v) is 9.40. The van der Waals surface area contributed by atoms with Crippen LogP contribution in [-0.4, -0.2) is 42.0 Å². The van der Waals surface area contributed by atoms with Crippen LogP contribution >= 0.6 is 34.2 Å². The van der Waals surface area contributed by atoms with Crippen molar-refractivity contribution in [3.63, 3.8) is 0 Å². The number of benzene rings is 1. The lowest BCUT2D eigenvalue weighted by molar-refractivity contribution is 0.0766. The largest absolute Gasteiger partial charge is 0.354 e. The van der Waals surface area contributed by atoms with Gasteiger partial charge in [0.15, 0.2) is 0 Å². The van der Waals surface area contributed by atoms with E-state index >= 15 is 0 Å². The highest BCUT2D eigenvalue weighted by atomic mass is 127. The molecule has 7 heteroatoms. The van der Waals surface area contributed by atoms with Gasteiger partial charge in [-0.2, -0.15) is 5.26 Å². The lowest BCUT2D eigenvalue weighted by Crippen LogP contribution is -2.36. The molecule has 5 nitrogen and oxygen atoms in total. The summed E-state index contributed by atoms with van der Waals surface area (Å²) < 4.78 is 0.893. The zero-order valence-corrected chi connectivity index (χ0v) is 16.4. The Labute approximate surface area is 165 Å². The van der Waals surface area contributed by atoms with Crippen molar-refractivity contribution in [2.24, 2.45) is 0 Å². The molecule has 1 aromatic heterocycles. The maximum absolute atomic E-state index is 12.9. The Morgan fingerprint density at radius 1 is 1.24 bits per heavy atom. The summed E-state index contributed by atoms with van der Waals surface area (Å²) in [5.74, 6) is 0.687. The van der Waals surface area contributed by atoms with Gasteiger partial charge in [0.2, 0.25) is 0 Å². The van der Waals surface area contributed by atoms with Gasteiger partial charge in [-0.1, -0.05) is 11.6 Å². The first-order chi connectivity index (χ1) is 12.1. The van der Waals surface area contributed by atoms with Gasteiger partial charge in [0.05, 0.1) is 11.1 Å². The molecule has 1 aliphatic rings. The van der Waals surface area contributed by atoms with E-state index in [9.17, 15) is 10.1 Å². The SMILES string of the molecule is N#Cc1cccnc1N1CCCN(C(=O)c2cc(Cl)ccc2I)CC1. The molecule has 1 saturated heterocycles. The molecular weight excluding hydrogens is 451 g/mol. The Balaban J connectivity index is 1.77. The normalized spacial score (nSPS) is 14.8. The number of rotatable bonds is 2. The molecule has 2 aromatic rings. The van der Waals surface area contributed by atoms with Crippen LogP contribution in [0.5, 0.6) is 0 Å². The Bertz CT molecular complexity index is 836. The minimum atomic E-state index is -0.00437. The van der Waals surface area contributed by atoms with Crippen molar-refractivity contribution in [3.8, 4) is 6.07 Å². The Morgan fingerprint density at radius 3 is 2.88 bits per heavy atom. The minimum Gasteiger partial charge on any atom is -0.354 e. The van der Waals surface area contributed by atoms with Crippen LogP contribution in [0.4, 0.5) is 5.82 Å². The fourth-order valence-corrected chi connectivity index (χ4v) is 3.64. The van der Waals surface area contributed by atoms with Gasteiger partial charge in [0.1, 0.15) is 11.9 Å². The van der Waals surface area contributed by atoms with Gasteiger partial charge in [0.25, 0.3) is 5.91 Å². The average molecular weight is 467 g/mol. The molecule has 0 radical (unpaired) electrons. The quantitative estimate of drug-likeness (QED) is 0.635. The predicted octanol–water partition coefficient (Wildman–Crippen LogP) is 3.56. The minimum absolute atomic E-state index is 0.00437. The number of nitriles is 1. The zero-order valence-electron chi connectivity index (χ0n) is 13.5. The average Bonchev–Trinajstić information content (AvgIpc) is 2.89. The summed E-state index contributed by atoms with van der Waals surface area (Å²) >= 11 is 8.21. The molecule has 0 unspecified atom stereocenters. The molecule has 0 aliphatic carbocycles. The van der Waals surface area contributed by atoms with Gasteiger partial charge in [-0.15, -0.1) is 0 Å². The topological polar surface area (TPSA) is 60.2 Å². The van der Waals surface area contributed by atoms with E-state index in [1.165, 1.54) is 0 Å². The summed E-state index contributed by atoms with van der Waals surface area (Å²) in [7, 11) is 0. The van der Waals surface area contributed by atoms with Gasteiger partial charge in [0, 0.05) is 41.0 Å². The van der Waals surface area contributed by atoms with Crippen LogP contribution in [0.25, 0.3) is 0 Å². The highest BCUT2D eigenvalue weighted by molar-refractivity contribution is 14.1. The lowest BCUT2D eigenvalue weighted by atomic mass is 10.2. The molecular formula is C18H16ClIN4O. The number of nitrogens with zero attached hydrogens (tertiary/aromatic N) is 4. The molecule has 2 heterocycles. The highest BCUT2D eigenvalue weighted by Gasteiger charge is 2.23. The van der Waals surface area contributed by atoms with E-state index in [0.29, 0.717) is 41.6 Å². The number of hydrogen-bond acceptors (Lipinski definition) is 4. The van der Waals surface area contributed by atoms with E-state index < -0.39 is 0 Å².